The van der Waals surface area contributed by atoms with Crippen molar-refractivity contribution in [2.45, 2.75) is 41.5 Å². The minimum atomic E-state index is -0.0943. The summed E-state index contributed by atoms with van der Waals surface area (Å²) in [7, 11) is 0. The van der Waals surface area contributed by atoms with Crippen LogP contribution in [0, 0.1) is 6.92 Å². The molecule has 0 unspecified atom stereocenters. The standard InChI is InChI=1S/C18H18N2O.2C2H6/c1-4-6-12-16(5-2)20-17(21)13-14(3)19-18(20)15-10-8-7-9-11-15;2*1-2/h4-13H,1H2,2-3H3;2*1-2H3/b12-6-,16-5+;;. The molecule has 0 radical (unpaired) electrons. The molecular formula is C22H30N2O. The van der Waals surface area contributed by atoms with Gasteiger partial charge in [-0.05, 0) is 19.9 Å². The number of allylic oxidation sites excluding steroid dienone is 5. The van der Waals surface area contributed by atoms with E-state index in [9.17, 15) is 4.79 Å². The van der Waals surface area contributed by atoms with Gasteiger partial charge in [-0.3, -0.25) is 9.36 Å². The first-order valence-corrected chi connectivity index (χ1v) is 8.79. The van der Waals surface area contributed by atoms with E-state index in [1.165, 1.54) is 6.07 Å². The van der Waals surface area contributed by atoms with Crippen LogP contribution < -0.4 is 5.56 Å². The zero-order valence-corrected chi connectivity index (χ0v) is 16.3. The molecular weight excluding hydrogens is 308 g/mol. The number of hydrogen-bond acceptors (Lipinski definition) is 2. The van der Waals surface area contributed by atoms with Gasteiger partial charge in [-0.15, -0.1) is 0 Å². The second kappa shape index (κ2) is 12.7. The fourth-order valence-corrected chi connectivity index (χ4v) is 2.09. The predicted octanol–water partition coefficient (Wildman–Crippen LogP) is 5.87. The number of hydrogen-bond donors (Lipinski definition) is 0. The van der Waals surface area contributed by atoms with Crippen LogP contribution in [0.3, 0.4) is 0 Å². The molecule has 3 nitrogen and oxygen atoms in total. The van der Waals surface area contributed by atoms with Gasteiger partial charge in [0.1, 0.15) is 5.82 Å². The first-order chi connectivity index (χ1) is 12.2. The lowest BCUT2D eigenvalue weighted by Crippen LogP contribution is -2.22. The van der Waals surface area contributed by atoms with Crippen molar-refractivity contribution in [3.05, 3.63) is 83.3 Å². The van der Waals surface area contributed by atoms with Crippen molar-refractivity contribution >= 4 is 5.70 Å². The van der Waals surface area contributed by atoms with Gasteiger partial charge >= 0.3 is 0 Å². The molecule has 2 rings (SSSR count). The third-order valence-corrected chi connectivity index (χ3v) is 3.04. The summed E-state index contributed by atoms with van der Waals surface area (Å²) in [5.41, 5.74) is 2.29. The third kappa shape index (κ3) is 6.38. The molecule has 2 aromatic rings. The van der Waals surface area contributed by atoms with E-state index in [1.54, 1.807) is 16.7 Å². The van der Waals surface area contributed by atoms with Crippen LogP contribution in [-0.4, -0.2) is 9.55 Å². The molecule has 0 N–H and O–H groups in total. The van der Waals surface area contributed by atoms with Crippen molar-refractivity contribution < 1.29 is 0 Å². The topological polar surface area (TPSA) is 34.9 Å². The van der Waals surface area contributed by atoms with Gasteiger partial charge in [0.25, 0.3) is 5.56 Å². The zero-order valence-electron chi connectivity index (χ0n) is 16.3. The summed E-state index contributed by atoms with van der Waals surface area (Å²) < 4.78 is 1.61. The average molecular weight is 338 g/mol. The first kappa shape index (κ1) is 22.3. The molecule has 0 bridgehead atoms. The van der Waals surface area contributed by atoms with Gasteiger partial charge in [0.05, 0.1) is 0 Å². The second-order valence-corrected chi connectivity index (χ2v) is 4.57. The lowest BCUT2D eigenvalue weighted by molar-refractivity contribution is 0.953. The molecule has 1 heterocycles. The Bertz CT molecular complexity index is 753. The Kier molecular flexibility index (Phi) is 11.3. The number of benzene rings is 1. The molecule has 1 aromatic heterocycles. The predicted molar refractivity (Wildman–Crippen MR) is 111 cm³/mol. The van der Waals surface area contributed by atoms with Gasteiger partial charge in [0, 0.05) is 23.0 Å². The quantitative estimate of drug-likeness (QED) is 0.653. The molecule has 25 heavy (non-hydrogen) atoms. The van der Waals surface area contributed by atoms with Crippen LogP contribution in [0.4, 0.5) is 0 Å². The maximum Gasteiger partial charge on any atom is 0.258 e. The second-order valence-electron chi connectivity index (χ2n) is 4.57. The fourth-order valence-electron chi connectivity index (χ4n) is 2.09. The highest BCUT2D eigenvalue weighted by molar-refractivity contribution is 5.66. The zero-order chi connectivity index (χ0) is 19.2. The smallest absolute Gasteiger partial charge is 0.258 e. The molecule has 3 heteroatoms. The van der Waals surface area contributed by atoms with E-state index < -0.39 is 0 Å². The van der Waals surface area contributed by atoms with E-state index >= 15 is 0 Å². The van der Waals surface area contributed by atoms with Crippen molar-refractivity contribution in [3.8, 4) is 11.4 Å². The van der Waals surface area contributed by atoms with Crippen LogP contribution in [0.15, 0.2) is 72.1 Å². The van der Waals surface area contributed by atoms with Crippen LogP contribution in [0.5, 0.6) is 0 Å². The third-order valence-electron chi connectivity index (χ3n) is 3.04. The first-order valence-electron chi connectivity index (χ1n) is 8.79. The monoisotopic (exact) mass is 338 g/mol. The highest BCUT2D eigenvalue weighted by Gasteiger charge is 2.11. The number of nitrogens with zero attached hydrogens (tertiary/aromatic N) is 2. The Morgan fingerprint density at radius 1 is 1.12 bits per heavy atom. The highest BCUT2D eigenvalue weighted by atomic mass is 16.1. The summed E-state index contributed by atoms with van der Waals surface area (Å²) >= 11 is 0. The molecule has 0 aliphatic heterocycles. The maximum absolute atomic E-state index is 12.4. The molecule has 0 saturated heterocycles. The van der Waals surface area contributed by atoms with E-state index in [0.29, 0.717) is 11.5 Å². The number of rotatable bonds is 4. The maximum atomic E-state index is 12.4. The lowest BCUT2D eigenvalue weighted by Gasteiger charge is -2.13. The van der Waals surface area contributed by atoms with E-state index in [4.69, 9.17) is 0 Å². The summed E-state index contributed by atoms with van der Waals surface area (Å²) in [5.74, 6) is 0.641. The van der Waals surface area contributed by atoms with Crippen molar-refractivity contribution in [1.29, 1.82) is 0 Å². The molecule has 0 saturated carbocycles. The van der Waals surface area contributed by atoms with Crippen molar-refractivity contribution in [2.24, 2.45) is 0 Å². The van der Waals surface area contributed by atoms with E-state index in [0.717, 1.165) is 11.3 Å². The molecule has 0 aliphatic carbocycles. The normalized spacial score (nSPS) is 10.4. The minimum absolute atomic E-state index is 0.0943. The molecule has 0 aliphatic rings. The van der Waals surface area contributed by atoms with Gasteiger partial charge < -0.3 is 0 Å². The number of aromatic nitrogens is 2. The summed E-state index contributed by atoms with van der Waals surface area (Å²) in [5, 5.41) is 0. The molecule has 0 fully saturated rings. The summed E-state index contributed by atoms with van der Waals surface area (Å²) in [4.78, 5) is 17.0. The Hall–Kier alpha value is -2.68. The molecule has 0 amide bonds. The highest BCUT2D eigenvalue weighted by Crippen LogP contribution is 2.19. The van der Waals surface area contributed by atoms with Crippen LogP contribution in [0.2, 0.25) is 0 Å². The summed E-state index contributed by atoms with van der Waals surface area (Å²) in [6.07, 6.45) is 7.21. The van der Waals surface area contributed by atoms with Crippen LogP contribution in [0.1, 0.15) is 40.3 Å². The molecule has 0 spiro atoms. The fraction of sp³-hybridized carbons (Fsp3) is 0.273. The summed E-state index contributed by atoms with van der Waals surface area (Å²) in [6.45, 7) is 15.4. The SMILES string of the molecule is C=C/C=C\C(=C/C)n1c(-c2ccccc2)nc(C)cc1=O.CC.CC. The van der Waals surface area contributed by atoms with Crippen LogP contribution in [0.25, 0.3) is 17.1 Å². The lowest BCUT2D eigenvalue weighted by atomic mass is 10.2. The van der Waals surface area contributed by atoms with E-state index in [-0.39, 0.29) is 5.56 Å². The van der Waals surface area contributed by atoms with Crippen molar-refractivity contribution in [2.75, 3.05) is 0 Å². The van der Waals surface area contributed by atoms with E-state index in [2.05, 4.69) is 11.6 Å². The van der Waals surface area contributed by atoms with Crippen molar-refractivity contribution in [1.82, 2.24) is 9.55 Å². The average Bonchev–Trinajstić information content (AvgIpc) is 2.67. The molecule has 0 atom stereocenters. The van der Waals surface area contributed by atoms with E-state index in [1.807, 2.05) is 84.0 Å². The Morgan fingerprint density at radius 3 is 2.24 bits per heavy atom. The van der Waals surface area contributed by atoms with Gasteiger partial charge in [-0.25, -0.2) is 4.98 Å². The van der Waals surface area contributed by atoms with Gasteiger partial charge in [0.15, 0.2) is 0 Å². The Labute approximate surface area is 152 Å². The minimum Gasteiger partial charge on any atom is -0.269 e. The van der Waals surface area contributed by atoms with Gasteiger partial charge in [-0.1, -0.05) is 82.8 Å². The molecule has 134 valence electrons. The Morgan fingerprint density at radius 2 is 1.72 bits per heavy atom. The van der Waals surface area contributed by atoms with Gasteiger partial charge in [-0.2, -0.15) is 0 Å². The van der Waals surface area contributed by atoms with Crippen LogP contribution >= 0.6 is 0 Å². The number of aryl methyl sites for hydroxylation is 1. The Balaban J connectivity index is 0.00000134. The van der Waals surface area contributed by atoms with Crippen molar-refractivity contribution in [3.63, 3.8) is 0 Å². The summed E-state index contributed by atoms with van der Waals surface area (Å²) in [6, 6.07) is 11.2. The van der Waals surface area contributed by atoms with Gasteiger partial charge in [0.2, 0.25) is 0 Å². The molecule has 1 aromatic carbocycles. The largest absolute Gasteiger partial charge is 0.269 e. The van der Waals surface area contributed by atoms with Crippen LogP contribution in [-0.2, 0) is 0 Å².